The Bertz CT molecular complexity index is 382. The minimum absolute atomic E-state index is 0.258. The average molecular weight is 297 g/mol. The largest absolute Gasteiger partial charge is 0.468 e. The molecule has 2 saturated carbocycles. The molecule has 21 heavy (non-hydrogen) atoms. The number of carbonyl (C=O) groups is 1. The molecule has 0 spiro atoms. The lowest BCUT2D eigenvalue weighted by Crippen LogP contribution is -2.60. The van der Waals surface area contributed by atoms with E-state index in [1.807, 2.05) is 0 Å². The highest BCUT2D eigenvalue weighted by Crippen LogP contribution is 2.38. The van der Waals surface area contributed by atoms with Gasteiger partial charge in [-0.1, -0.05) is 0 Å². The number of esters is 1. The van der Waals surface area contributed by atoms with Crippen LogP contribution >= 0.6 is 0 Å². The molecule has 0 aliphatic heterocycles. The molecule has 2 aliphatic carbocycles. The van der Waals surface area contributed by atoms with E-state index < -0.39 is 5.54 Å². The first kappa shape index (κ1) is 16.7. The summed E-state index contributed by atoms with van der Waals surface area (Å²) in [6.07, 6.45) is 7.41. The Hall–Kier alpha value is -0.650. The summed E-state index contributed by atoms with van der Waals surface area (Å²) in [5.74, 6) is -0.258. The van der Waals surface area contributed by atoms with Crippen molar-refractivity contribution in [2.24, 2.45) is 5.73 Å². The van der Waals surface area contributed by atoms with Crippen LogP contribution in [0.5, 0.6) is 0 Å². The maximum Gasteiger partial charge on any atom is 0.325 e. The van der Waals surface area contributed by atoms with E-state index in [0.717, 1.165) is 25.8 Å². The fraction of sp³-hybridized carbons (Fsp3) is 0.938. The smallest absolute Gasteiger partial charge is 0.325 e. The molecule has 2 unspecified atom stereocenters. The van der Waals surface area contributed by atoms with Gasteiger partial charge in [-0.25, -0.2) is 0 Å². The first-order chi connectivity index (χ1) is 9.83. The van der Waals surface area contributed by atoms with Gasteiger partial charge >= 0.3 is 5.97 Å². The van der Waals surface area contributed by atoms with Crippen LogP contribution in [0.3, 0.4) is 0 Å². The number of methoxy groups -OCH3 is 1. The lowest BCUT2D eigenvalue weighted by atomic mass is 9.74. The van der Waals surface area contributed by atoms with Gasteiger partial charge in [0, 0.05) is 18.1 Å². The molecule has 0 amide bonds. The van der Waals surface area contributed by atoms with Crippen molar-refractivity contribution in [2.45, 2.75) is 62.1 Å². The van der Waals surface area contributed by atoms with Crippen molar-refractivity contribution < 1.29 is 9.53 Å². The number of nitrogens with two attached hydrogens (primary N) is 1. The molecule has 5 nitrogen and oxygen atoms in total. The van der Waals surface area contributed by atoms with Crippen LogP contribution in [0.4, 0.5) is 0 Å². The molecule has 2 N–H and O–H groups in total. The summed E-state index contributed by atoms with van der Waals surface area (Å²) in [6, 6.07) is 0.375. The third-order valence-corrected chi connectivity index (χ3v) is 5.75. The molecule has 5 heteroatoms. The molecule has 2 aliphatic rings. The Morgan fingerprint density at radius 2 is 1.90 bits per heavy atom. The highest BCUT2D eigenvalue weighted by molar-refractivity contribution is 5.80. The zero-order valence-corrected chi connectivity index (χ0v) is 14.0. The van der Waals surface area contributed by atoms with Gasteiger partial charge in [-0.05, 0) is 66.1 Å². The van der Waals surface area contributed by atoms with E-state index in [2.05, 4.69) is 30.9 Å². The predicted octanol–water partition coefficient (Wildman–Crippen LogP) is 1.22. The van der Waals surface area contributed by atoms with Crippen LogP contribution in [0.25, 0.3) is 0 Å². The van der Waals surface area contributed by atoms with Crippen LogP contribution in [0.2, 0.25) is 0 Å². The monoisotopic (exact) mass is 297 g/mol. The molecule has 2 fully saturated rings. The molecule has 0 heterocycles. The molecule has 0 aromatic heterocycles. The lowest BCUT2D eigenvalue weighted by molar-refractivity contribution is -0.149. The minimum Gasteiger partial charge on any atom is -0.468 e. The van der Waals surface area contributed by atoms with Gasteiger partial charge in [-0.2, -0.15) is 0 Å². The van der Waals surface area contributed by atoms with Gasteiger partial charge in [0.05, 0.1) is 7.11 Å². The molecule has 0 saturated heterocycles. The van der Waals surface area contributed by atoms with Crippen LogP contribution in [0, 0.1) is 0 Å². The average Bonchev–Trinajstić information content (AvgIpc) is 2.41. The van der Waals surface area contributed by atoms with E-state index in [1.54, 1.807) is 0 Å². The van der Waals surface area contributed by atoms with Crippen molar-refractivity contribution >= 4 is 5.97 Å². The van der Waals surface area contributed by atoms with Gasteiger partial charge in [-0.3, -0.25) is 4.79 Å². The summed E-state index contributed by atoms with van der Waals surface area (Å²) < 4.78 is 4.90. The molecular formula is C16H31N3O2. The number of likely N-dealkylation sites (N-methyl/N-ethyl adjacent to an activating group) is 2. The first-order valence-electron chi connectivity index (χ1n) is 8.08. The fourth-order valence-corrected chi connectivity index (χ4v) is 3.97. The van der Waals surface area contributed by atoms with Crippen molar-refractivity contribution in [3.05, 3.63) is 0 Å². The molecule has 0 aromatic rings. The van der Waals surface area contributed by atoms with E-state index in [1.165, 1.54) is 26.4 Å². The highest BCUT2D eigenvalue weighted by Gasteiger charge is 2.44. The Morgan fingerprint density at radius 1 is 1.24 bits per heavy atom. The van der Waals surface area contributed by atoms with E-state index in [4.69, 9.17) is 10.5 Å². The minimum atomic E-state index is -0.795. The van der Waals surface area contributed by atoms with Crippen LogP contribution in [0.15, 0.2) is 0 Å². The quantitative estimate of drug-likeness (QED) is 0.773. The Morgan fingerprint density at radius 3 is 2.38 bits per heavy atom. The number of rotatable bonds is 5. The van der Waals surface area contributed by atoms with Gasteiger partial charge in [-0.15, -0.1) is 0 Å². The van der Waals surface area contributed by atoms with E-state index in [0.29, 0.717) is 18.0 Å². The third kappa shape index (κ3) is 3.25. The van der Waals surface area contributed by atoms with Crippen molar-refractivity contribution in [2.75, 3.05) is 34.8 Å². The first-order valence-corrected chi connectivity index (χ1v) is 8.08. The second kappa shape index (κ2) is 6.23. The summed E-state index contributed by atoms with van der Waals surface area (Å²) in [6.45, 7) is 1.06. The lowest BCUT2D eigenvalue weighted by Gasteiger charge is -2.51. The van der Waals surface area contributed by atoms with E-state index >= 15 is 0 Å². The van der Waals surface area contributed by atoms with E-state index in [-0.39, 0.29) is 5.97 Å². The SMILES string of the molecule is COC(=O)C1(N)CCCC(N(C)CC2(N(C)C)CCC2)C1. The predicted molar refractivity (Wildman–Crippen MR) is 84.1 cm³/mol. The van der Waals surface area contributed by atoms with Gasteiger partial charge in [0.25, 0.3) is 0 Å². The summed E-state index contributed by atoms with van der Waals surface area (Å²) in [5.41, 5.74) is 5.82. The Balaban J connectivity index is 1.99. The third-order valence-electron chi connectivity index (χ3n) is 5.75. The number of ether oxygens (including phenoxy) is 1. The van der Waals surface area contributed by atoms with Gasteiger partial charge < -0.3 is 20.3 Å². The Kier molecular flexibility index (Phi) is 4.96. The van der Waals surface area contributed by atoms with Crippen LogP contribution < -0.4 is 5.73 Å². The molecule has 0 aromatic carbocycles. The van der Waals surface area contributed by atoms with Crippen molar-refractivity contribution in [1.82, 2.24) is 9.80 Å². The highest BCUT2D eigenvalue weighted by atomic mass is 16.5. The second-order valence-corrected chi connectivity index (χ2v) is 7.29. The molecule has 0 bridgehead atoms. The van der Waals surface area contributed by atoms with Crippen molar-refractivity contribution in [3.63, 3.8) is 0 Å². The van der Waals surface area contributed by atoms with Gasteiger partial charge in [0.2, 0.25) is 0 Å². The second-order valence-electron chi connectivity index (χ2n) is 7.29. The topological polar surface area (TPSA) is 58.8 Å². The number of hydrogen-bond acceptors (Lipinski definition) is 5. The van der Waals surface area contributed by atoms with Gasteiger partial charge in [0.1, 0.15) is 5.54 Å². The summed E-state index contributed by atoms with van der Waals surface area (Å²) in [4.78, 5) is 16.7. The van der Waals surface area contributed by atoms with Crippen LogP contribution in [-0.2, 0) is 9.53 Å². The maximum atomic E-state index is 11.9. The zero-order chi connectivity index (χ0) is 15.7. The van der Waals surface area contributed by atoms with Crippen molar-refractivity contribution in [3.8, 4) is 0 Å². The molecule has 2 rings (SSSR count). The zero-order valence-electron chi connectivity index (χ0n) is 14.0. The fourth-order valence-electron chi connectivity index (χ4n) is 3.97. The van der Waals surface area contributed by atoms with Gasteiger partial charge in [0.15, 0.2) is 0 Å². The maximum absolute atomic E-state index is 11.9. The summed E-state index contributed by atoms with van der Waals surface area (Å²) >= 11 is 0. The van der Waals surface area contributed by atoms with Crippen LogP contribution in [0.1, 0.15) is 44.9 Å². The molecule has 2 atom stereocenters. The Labute approximate surface area is 128 Å². The van der Waals surface area contributed by atoms with E-state index in [9.17, 15) is 4.79 Å². The molecule has 122 valence electrons. The number of nitrogens with zero attached hydrogens (tertiary/aromatic N) is 2. The normalized spacial score (nSPS) is 32.0. The summed E-state index contributed by atoms with van der Waals surface area (Å²) in [5, 5.41) is 0. The standard InChI is InChI=1S/C16H31N3O2/c1-18(2)15(8-6-9-15)12-19(3)13-7-5-10-16(17,11-13)14(20)21-4/h13H,5-12,17H2,1-4H3. The molecule has 0 radical (unpaired) electrons. The number of hydrogen-bond donors (Lipinski definition) is 1. The van der Waals surface area contributed by atoms with Crippen LogP contribution in [-0.4, -0.2) is 67.7 Å². The molecular weight excluding hydrogens is 266 g/mol. The number of carbonyl (C=O) groups excluding carboxylic acids is 1. The van der Waals surface area contributed by atoms with Crippen molar-refractivity contribution in [1.29, 1.82) is 0 Å². The summed E-state index contributed by atoms with van der Waals surface area (Å²) in [7, 11) is 7.96.